The van der Waals surface area contributed by atoms with Crippen LogP contribution in [-0.2, 0) is 9.84 Å². The third-order valence-corrected chi connectivity index (χ3v) is 4.26. The summed E-state index contributed by atoms with van der Waals surface area (Å²) in [6.07, 6.45) is 0. The molecule has 0 saturated carbocycles. The summed E-state index contributed by atoms with van der Waals surface area (Å²) in [5.74, 6) is -0.807. The first kappa shape index (κ1) is 14.6. The molecule has 4 nitrogen and oxygen atoms in total. The van der Waals surface area contributed by atoms with Crippen molar-refractivity contribution in [1.82, 2.24) is 5.32 Å². The largest absolute Gasteiger partial charge is 0.351 e. The fourth-order valence-electron chi connectivity index (χ4n) is 1.35. The van der Waals surface area contributed by atoms with Crippen LogP contribution < -0.4 is 5.32 Å². The molecular formula is C12H16FNO3S. The maximum absolute atomic E-state index is 13.0. The monoisotopic (exact) mass is 273 g/mol. The summed E-state index contributed by atoms with van der Waals surface area (Å²) in [6.45, 7) is 3.18. The van der Waals surface area contributed by atoms with Crippen LogP contribution in [0, 0.1) is 12.7 Å². The van der Waals surface area contributed by atoms with Crippen molar-refractivity contribution in [3.8, 4) is 0 Å². The molecule has 1 N–H and O–H groups in total. The molecule has 1 rings (SSSR count). The maximum Gasteiger partial charge on any atom is 0.251 e. The van der Waals surface area contributed by atoms with Crippen LogP contribution in [-0.4, -0.2) is 32.4 Å². The summed E-state index contributed by atoms with van der Waals surface area (Å²) >= 11 is 0. The summed E-state index contributed by atoms with van der Waals surface area (Å²) in [5, 5.41) is 2.50. The topological polar surface area (TPSA) is 63.2 Å². The third-order valence-electron chi connectivity index (χ3n) is 2.56. The van der Waals surface area contributed by atoms with Gasteiger partial charge >= 0.3 is 0 Å². The minimum atomic E-state index is -3.09. The van der Waals surface area contributed by atoms with Crippen LogP contribution >= 0.6 is 0 Å². The lowest BCUT2D eigenvalue weighted by Crippen LogP contribution is -2.29. The van der Waals surface area contributed by atoms with Gasteiger partial charge in [-0.15, -0.1) is 0 Å². The van der Waals surface area contributed by atoms with E-state index in [1.54, 1.807) is 13.8 Å². The van der Waals surface area contributed by atoms with Crippen molar-refractivity contribution in [3.63, 3.8) is 0 Å². The lowest BCUT2D eigenvalue weighted by molar-refractivity contribution is 0.0956. The summed E-state index contributed by atoms with van der Waals surface area (Å²) in [6, 6.07) is 4.01. The van der Waals surface area contributed by atoms with Crippen molar-refractivity contribution in [1.29, 1.82) is 0 Å². The van der Waals surface area contributed by atoms with Gasteiger partial charge in [-0.25, -0.2) is 12.8 Å². The van der Waals surface area contributed by atoms with Gasteiger partial charge in [-0.1, -0.05) is 6.92 Å². The van der Waals surface area contributed by atoms with Gasteiger partial charge in [-0.2, -0.15) is 0 Å². The zero-order valence-electron chi connectivity index (χ0n) is 10.4. The van der Waals surface area contributed by atoms with Crippen LogP contribution in [0.5, 0.6) is 0 Å². The summed E-state index contributed by atoms with van der Waals surface area (Å²) in [7, 11) is -3.09. The van der Waals surface area contributed by atoms with Gasteiger partial charge < -0.3 is 5.32 Å². The Labute approximate surface area is 106 Å². The van der Waals surface area contributed by atoms with E-state index in [0.717, 1.165) is 0 Å². The zero-order valence-corrected chi connectivity index (χ0v) is 11.2. The van der Waals surface area contributed by atoms with Crippen LogP contribution in [0.4, 0.5) is 4.39 Å². The molecule has 0 radical (unpaired) electrons. The van der Waals surface area contributed by atoms with Gasteiger partial charge in [0.25, 0.3) is 5.91 Å². The van der Waals surface area contributed by atoms with Gasteiger partial charge in [0.2, 0.25) is 0 Å². The fourth-order valence-corrected chi connectivity index (χ4v) is 2.05. The van der Waals surface area contributed by atoms with Gasteiger partial charge in [0.1, 0.15) is 5.82 Å². The van der Waals surface area contributed by atoms with Crippen molar-refractivity contribution in [2.75, 3.05) is 18.1 Å². The van der Waals surface area contributed by atoms with E-state index in [4.69, 9.17) is 0 Å². The van der Waals surface area contributed by atoms with Crippen LogP contribution in [0.15, 0.2) is 18.2 Å². The van der Waals surface area contributed by atoms with Gasteiger partial charge in [0, 0.05) is 17.9 Å². The van der Waals surface area contributed by atoms with E-state index in [1.165, 1.54) is 18.2 Å². The number of hydrogen-bond donors (Lipinski definition) is 1. The Hall–Kier alpha value is -1.43. The Kier molecular flexibility index (Phi) is 4.84. The molecule has 1 aromatic rings. The number of nitrogens with one attached hydrogen (secondary N) is 1. The quantitative estimate of drug-likeness (QED) is 0.879. The molecule has 0 atom stereocenters. The number of amides is 1. The number of rotatable bonds is 5. The van der Waals surface area contributed by atoms with Crippen molar-refractivity contribution in [2.45, 2.75) is 13.8 Å². The van der Waals surface area contributed by atoms with Crippen LogP contribution in [0.1, 0.15) is 22.8 Å². The smallest absolute Gasteiger partial charge is 0.251 e. The summed E-state index contributed by atoms with van der Waals surface area (Å²) in [5.41, 5.74) is 0.701. The first-order valence-corrected chi connectivity index (χ1v) is 7.42. The molecule has 0 unspecified atom stereocenters. The van der Waals surface area contributed by atoms with E-state index in [1.807, 2.05) is 0 Å². The van der Waals surface area contributed by atoms with E-state index in [9.17, 15) is 17.6 Å². The Morgan fingerprint density at radius 3 is 2.61 bits per heavy atom. The molecule has 0 fully saturated rings. The Bertz CT molecular complexity index is 540. The molecule has 1 aromatic carbocycles. The second-order valence-electron chi connectivity index (χ2n) is 3.96. The molecule has 0 saturated heterocycles. The SMILES string of the molecule is CCS(=O)(=O)CCNC(=O)c1ccc(F)c(C)c1. The predicted molar refractivity (Wildman–Crippen MR) is 67.8 cm³/mol. The second kappa shape index (κ2) is 5.95. The Balaban J connectivity index is 2.58. The van der Waals surface area contributed by atoms with E-state index >= 15 is 0 Å². The molecule has 0 aromatic heterocycles. The first-order valence-electron chi connectivity index (χ1n) is 5.60. The normalized spacial score (nSPS) is 11.3. The lowest BCUT2D eigenvalue weighted by Gasteiger charge is -2.06. The lowest BCUT2D eigenvalue weighted by atomic mass is 10.1. The third kappa shape index (κ3) is 4.10. The molecule has 0 heterocycles. The molecule has 6 heteroatoms. The van der Waals surface area contributed by atoms with Crippen molar-refractivity contribution in [2.24, 2.45) is 0 Å². The molecule has 0 aliphatic rings. The molecule has 0 aliphatic heterocycles. The zero-order chi connectivity index (χ0) is 13.8. The van der Waals surface area contributed by atoms with Gasteiger partial charge in [0.05, 0.1) is 5.75 Å². The van der Waals surface area contributed by atoms with E-state index in [0.29, 0.717) is 11.1 Å². The van der Waals surface area contributed by atoms with Crippen LogP contribution in [0.3, 0.4) is 0 Å². The Morgan fingerprint density at radius 1 is 1.39 bits per heavy atom. The highest BCUT2D eigenvalue weighted by molar-refractivity contribution is 7.91. The molecule has 100 valence electrons. The van der Waals surface area contributed by atoms with Crippen LogP contribution in [0.2, 0.25) is 0 Å². The fraction of sp³-hybridized carbons (Fsp3) is 0.417. The highest BCUT2D eigenvalue weighted by Crippen LogP contribution is 2.08. The Morgan fingerprint density at radius 2 is 2.06 bits per heavy atom. The minimum absolute atomic E-state index is 0.0541. The van der Waals surface area contributed by atoms with E-state index in [2.05, 4.69) is 5.32 Å². The summed E-state index contributed by atoms with van der Waals surface area (Å²) < 4.78 is 35.4. The number of halogens is 1. The number of hydrogen-bond acceptors (Lipinski definition) is 3. The number of carbonyl (C=O) groups excluding carboxylic acids is 1. The number of benzene rings is 1. The molecule has 18 heavy (non-hydrogen) atoms. The van der Waals surface area contributed by atoms with E-state index < -0.39 is 15.7 Å². The highest BCUT2D eigenvalue weighted by Gasteiger charge is 2.10. The predicted octanol–water partition coefficient (Wildman–Crippen LogP) is 1.30. The van der Waals surface area contributed by atoms with Crippen molar-refractivity contribution in [3.05, 3.63) is 35.1 Å². The van der Waals surface area contributed by atoms with Crippen LogP contribution in [0.25, 0.3) is 0 Å². The first-order chi connectivity index (χ1) is 8.35. The second-order valence-corrected chi connectivity index (χ2v) is 6.43. The van der Waals surface area contributed by atoms with E-state index in [-0.39, 0.29) is 23.9 Å². The molecule has 0 aliphatic carbocycles. The number of carbonyl (C=O) groups is 1. The average Bonchev–Trinajstić information content (AvgIpc) is 2.32. The number of sulfone groups is 1. The highest BCUT2D eigenvalue weighted by atomic mass is 32.2. The van der Waals surface area contributed by atoms with Gasteiger partial charge in [-0.05, 0) is 30.7 Å². The molecule has 0 bridgehead atoms. The number of aryl methyl sites for hydroxylation is 1. The van der Waals surface area contributed by atoms with Crippen molar-refractivity contribution < 1.29 is 17.6 Å². The molecule has 0 spiro atoms. The standard InChI is InChI=1S/C12H16FNO3S/c1-3-18(16,17)7-6-14-12(15)10-4-5-11(13)9(2)8-10/h4-5,8H,3,6-7H2,1-2H3,(H,14,15). The average molecular weight is 273 g/mol. The van der Waals surface area contributed by atoms with Gasteiger partial charge in [0.15, 0.2) is 9.84 Å². The minimum Gasteiger partial charge on any atom is -0.351 e. The van der Waals surface area contributed by atoms with Crippen molar-refractivity contribution >= 4 is 15.7 Å². The summed E-state index contributed by atoms with van der Waals surface area (Å²) in [4.78, 5) is 11.7. The van der Waals surface area contributed by atoms with Gasteiger partial charge in [-0.3, -0.25) is 4.79 Å². The molecular weight excluding hydrogens is 257 g/mol. The molecule has 1 amide bonds. The maximum atomic E-state index is 13.0.